The molecule has 0 unspecified atom stereocenters. The van der Waals surface area contributed by atoms with Gasteiger partial charge in [-0.05, 0) is 49.6 Å². The van der Waals surface area contributed by atoms with E-state index in [2.05, 4.69) is 67.7 Å². The molecule has 8 heteroatoms. The largest absolute Gasteiger partial charge is 0.464 e. The summed E-state index contributed by atoms with van der Waals surface area (Å²) in [6, 6.07) is 0. The smallest absolute Gasteiger partial charge is 0.302 e. The molecule has 0 aromatic carbocycles. The Bertz CT molecular complexity index is 591. The van der Waals surface area contributed by atoms with Gasteiger partial charge in [0.25, 0.3) is 6.47 Å². The van der Waals surface area contributed by atoms with Crippen LogP contribution in [0, 0.1) is 19.3 Å². The summed E-state index contributed by atoms with van der Waals surface area (Å²) in [5, 5.41) is 0.228. The summed E-state index contributed by atoms with van der Waals surface area (Å²) in [7, 11) is -3.78. The second-order valence-electron chi connectivity index (χ2n) is 11.8. The van der Waals surface area contributed by atoms with Gasteiger partial charge in [-0.25, -0.2) is 0 Å². The summed E-state index contributed by atoms with van der Waals surface area (Å²) in [4.78, 5) is 22.6. The minimum absolute atomic E-state index is 0.0530. The number of carbonyl (C=O) groups excluding carboxylic acids is 2. The Morgan fingerprint density at radius 1 is 0.909 bits per heavy atom. The van der Waals surface area contributed by atoms with E-state index in [-0.39, 0.29) is 22.1 Å². The predicted molar refractivity (Wildman–Crippen MR) is 140 cm³/mol. The normalized spacial score (nSPS) is 16.1. The van der Waals surface area contributed by atoms with Crippen molar-refractivity contribution in [1.29, 1.82) is 0 Å². The van der Waals surface area contributed by atoms with Gasteiger partial charge in [-0.1, -0.05) is 41.5 Å². The van der Waals surface area contributed by atoms with E-state index in [1.165, 1.54) is 6.92 Å². The van der Waals surface area contributed by atoms with E-state index in [1.54, 1.807) is 6.42 Å². The highest BCUT2D eigenvalue weighted by Gasteiger charge is 2.39. The molecule has 3 radical (unpaired) electrons. The molecule has 3 atom stereocenters. The van der Waals surface area contributed by atoms with E-state index >= 15 is 0 Å². The van der Waals surface area contributed by atoms with Gasteiger partial charge in [-0.3, -0.25) is 9.59 Å². The Morgan fingerprint density at radius 2 is 1.42 bits per heavy atom. The van der Waals surface area contributed by atoms with Gasteiger partial charge < -0.3 is 18.3 Å². The van der Waals surface area contributed by atoms with Crippen LogP contribution in [-0.2, 0) is 27.9 Å². The van der Waals surface area contributed by atoms with Crippen LogP contribution >= 0.6 is 0 Å². The van der Waals surface area contributed by atoms with Crippen molar-refractivity contribution in [3.05, 3.63) is 19.3 Å². The van der Waals surface area contributed by atoms with Crippen molar-refractivity contribution in [2.75, 3.05) is 6.61 Å². The zero-order chi connectivity index (χ0) is 26.1. The number of hydrogen-bond donors (Lipinski definition) is 0. The molecule has 0 aliphatic carbocycles. The first kappa shape index (κ1) is 32.3. The molecule has 33 heavy (non-hydrogen) atoms. The SMILES string of the molecule is CC(=O)O[C@H]([CH][CH][CH][C@@H](C[C@@H](C)O[Si](C)(C)C(C)(C)C)OC=O)CCO[Si](C)(C)C(C)(C)C. The van der Waals surface area contributed by atoms with Crippen LogP contribution in [0.4, 0.5) is 0 Å². The van der Waals surface area contributed by atoms with Gasteiger partial charge in [-0.2, -0.15) is 0 Å². The Hall–Kier alpha value is -0.706. The topological polar surface area (TPSA) is 71.1 Å². The predicted octanol–water partition coefficient (Wildman–Crippen LogP) is 6.28. The van der Waals surface area contributed by atoms with E-state index < -0.39 is 28.8 Å². The van der Waals surface area contributed by atoms with Crippen LogP contribution in [0.3, 0.4) is 0 Å². The first-order valence-corrected chi connectivity index (χ1v) is 17.7. The Kier molecular flexibility index (Phi) is 13.1. The molecule has 0 rings (SSSR count). The molecular weight excluding hydrogens is 452 g/mol. The number of carbonyl (C=O) groups is 2. The van der Waals surface area contributed by atoms with E-state index in [0.717, 1.165) is 0 Å². The zero-order valence-electron chi connectivity index (χ0n) is 23.1. The van der Waals surface area contributed by atoms with Crippen LogP contribution in [0.25, 0.3) is 0 Å². The second kappa shape index (κ2) is 13.4. The minimum Gasteiger partial charge on any atom is -0.464 e. The third kappa shape index (κ3) is 12.5. The number of esters is 1. The van der Waals surface area contributed by atoms with Gasteiger partial charge in [-0.15, -0.1) is 0 Å². The van der Waals surface area contributed by atoms with E-state index in [4.69, 9.17) is 18.3 Å². The Labute approximate surface area is 205 Å². The Morgan fingerprint density at radius 3 is 1.88 bits per heavy atom. The van der Waals surface area contributed by atoms with Crippen molar-refractivity contribution in [3.8, 4) is 0 Å². The molecule has 0 saturated carbocycles. The molecule has 0 aliphatic heterocycles. The van der Waals surface area contributed by atoms with E-state index in [0.29, 0.717) is 25.9 Å². The first-order valence-electron chi connectivity index (χ1n) is 11.9. The van der Waals surface area contributed by atoms with Crippen molar-refractivity contribution in [1.82, 2.24) is 0 Å². The standard InChI is InChI=1S/C25H49O6Si2/c1-20(31-33(11,12)25(6,7)8)18-23(28-19-26)15-13-14-22(30-21(2)27)16-17-29-32(9,10)24(3,4)5/h13-15,19-20,22-23H,16-18H2,1-12H3/t20-,22-,23+/m1/s1. The molecular formula is C25H49O6Si2. The van der Waals surface area contributed by atoms with Crippen LogP contribution in [0.15, 0.2) is 0 Å². The highest BCUT2D eigenvalue weighted by atomic mass is 28.4. The van der Waals surface area contributed by atoms with Gasteiger partial charge in [0.15, 0.2) is 16.6 Å². The molecule has 0 bridgehead atoms. The van der Waals surface area contributed by atoms with Gasteiger partial charge >= 0.3 is 5.97 Å². The van der Waals surface area contributed by atoms with Crippen LogP contribution in [-0.4, -0.2) is 54.0 Å². The molecule has 0 heterocycles. The maximum absolute atomic E-state index is 11.6. The molecule has 0 spiro atoms. The van der Waals surface area contributed by atoms with Gasteiger partial charge in [0.1, 0.15) is 12.2 Å². The average Bonchev–Trinajstić information content (AvgIpc) is 2.58. The van der Waals surface area contributed by atoms with Gasteiger partial charge in [0.2, 0.25) is 0 Å². The van der Waals surface area contributed by atoms with Crippen molar-refractivity contribution in [2.24, 2.45) is 0 Å². The fourth-order valence-corrected chi connectivity index (χ4v) is 5.19. The van der Waals surface area contributed by atoms with Crippen molar-refractivity contribution in [2.45, 2.75) is 123 Å². The molecule has 0 N–H and O–H groups in total. The van der Waals surface area contributed by atoms with Crippen molar-refractivity contribution >= 4 is 29.1 Å². The number of rotatable bonds is 15. The Balaban J connectivity index is 4.80. The van der Waals surface area contributed by atoms with Crippen LogP contribution in [0.1, 0.15) is 68.2 Å². The summed E-state index contributed by atoms with van der Waals surface area (Å²) in [6.07, 6.45) is 5.68. The molecule has 0 amide bonds. The average molecular weight is 502 g/mol. The highest BCUT2D eigenvalue weighted by Crippen LogP contribution is 2.38. The van der Waals surface area contributed by atoms with Crippen LogP contribution < -0.4 is 0 Å². The molecule has 193 valence electrons. The van der Waals surface area contributed by atoms with Crippen LogP contribution in [0.5, 0.6) is 0 Å². The summed E-state index contributed by atoms with van der Waals surface area (Å²) < 4.78 is 23.3. The molecule has 6 nitrogen and oxygen atoms in total. The number of hydrogen-bond acceptors (Lipinski definition) is 6. The monoisotopic (exact) mass is 501 g/mol. The fourth-order valence-electron chi connectivity index (χ4n) is 2.67. The van der Waals surface area contributed by atoms with Crippen molar-refractivity contribution in [3.63, 3.8) is 0 Å². The maximum Gasteiger partial charge on any atom is 0.302 e. The number of ether oxygens (including phenoxy) is 2. The third-order valence-corrected chi connectivity index (χ3v) is 15.9. The maximum atomic E-state index is 11.6. The lowest BCUT2D eigenvalue weighted by atomic mass is 10.0. The first-order chi connectivity index (χ1) is 14.8. The quantitative estimate of drug-likeness (QED) is 0.149. The van der Waals surface area contributed by atoms with Crippen molar-refractivity contribution < 1.29 is 27.9 Å². The lowest BCUT2D eigenvalue weighted by molar-refractivity contribution is -0.145. The lowest BCUT2D eigenvalue weighted by Crippen LogP contribution is -2.44. The highest BCUT2D eigenvalue weighted by molar-refractivity contribution is 6.74. The zero-order valence-corrected chi connectivity index (χ0v) is 25.1. The molecule has 0 aromatic rings. The molecule has 0 aliphatic rings. The van der Waals surface area contributed by atoms with Crippen LogP contribution in [0.2, 0.25) is 36.3 Å². The molecule has 0 aromatic heterocycles. The van der Waals surface area contributed by atoms with Gasteiger partial charge in [0, 0.05) is 45.3 Å². The minimum atomic E-state index is -1.91. The summed E-state index contributed by atoms with van der Waals surface area (Å²) >= 11 is 0. The summed E-state index contributed by atoms with van der Waals surface area (Å²) in [6.45, 7) is 26.4. The van der Waals surface area contributed by atoms with Gasteiger partial charge in [0.05, 0.1) is 0 Å². The van der Waals surface area contributed by atoms with E-state index in [1.807, 2.05) is 19.8 Å². The second-order valence-corrected chi connectivity index (χ2v) is 21.4. The summed E-state index contributed by atoms with van der Waals surface area (Å²) in [5.74, 6) is -0.339. The fraction of sp³-hybridized carbons (Fsp3) is 0.800. The lowest BCUT2D eigenvalue weighted by Gasteiger charge is -2.39. The summed E-state index contributed by atoms with van der Waals surface area (Å²) in [5.41, 5.74) is 0. The molecule has 0 fully saturated rings. The molecule has 0 saturated heterocycles. The van der Waals surface area contributed by atoms with E-state index in [9.17, 15) is 9.59 Å². The third-order valence-electron chi connectivity index (χ3n) is 6.74.